The zero-order chi connectivity index (χ0) is 21.9. The fraction of sp³-hybridized carbons (Fsp3) is 0.304. The highest BCUT2D eigenvalue weighted by Gasteiger charge is 2.05. The van der Waals surface area contributed by atoms with E-state index in [2.05, 4.69) is 15.3 Å². The Kier molecular flexibility index (Phi) is 8.59. The van der Waals surface area contributed by atoms with Crippen LogP contribution in [-0.2, 0) is 0 Å². The molecule has 0 radical (unpaired) electrons. The largest absolute Gasteiger partial charge is 0.497 e. The average molecular weight is 425 g/mol. The van der Waals surface area contributed by atoms with Gasteiger partial charge in [-0.05, 0) is 42.0 Å². The first kappa shape index (κ1) is 22.5. The molecular weight excluding hydrogens is 396 g/mol. The molecule has 2 aromatic carbocycles. The highest BCUT2D eigenvalue weighted by atomic mass is 16.5. The van der Waals surface area contributed by atoms with Gasteiger partial charge < -0.3 is 25.0 Å². The topological polar surface area (TPSA) is 100.0 Å². The van der Waals surface area contributed by atoms with Gasteiger partial charge in [-0.3, -0.25) is 4.90 Å². The van der Waals surface area contributed by atoms with Crippen molar-refractivity contribution in [3.8, 4) is 22.6 Å². The van der Waals surface area contributed by atoms with Crippen molar-refractivity contribution in [1.29, 1.82) is 0 Å². The van der Waals surface area contributed by atoms with E-state index >= 15 is 0 Å². The Bertz CT molecular complexity index is 896. The number of rotatable bonds is 12. The summed E-state index contributed by atoms with van der Waals surface area (Å²) < 4.78 is 10.9. The number of nitrogens with zero attached hydrogens (tertiary/aromatic N) is 3. The molecule has 0 aliphatic heterocycles. The van der Waals surface area contributed by atoms with Crippen LogP contribution in [0, 0.1) is 0 Å². The maximum atomic E-state index is 9.04. The summed E-state index contributed by atoms with van der Waals surface area (Å²) in [5.74, 6) is 2.06. The smallest absolute Gasteiger partial charge is 0.227 e. The summed E-state index contributed by atoms with van der Waals surface area (Å²) in [6, 6.07) is 15.3. The molecule has 0 amide bonds. The van der Waals surface area contributed by atoms with Crippen LogP contribution >= 0.6 is 0 Å². The molecule has 31 heavy (non-hydrogen) atoms. The molecule has 0 fully saturated rings. The minimum absolute atomic E-state index is 0.0590. The number of hydrogen-bond donors (Lipinski definition) is 3. The van der Waals surface area contributed by atoms with Crippen LogP contribution in [0.15, 0.2) is 60.9 Å². The lowest BCUT2D eigenvalue weighted by atomic mass is 10.1. The number of anilines is 2. The number of methoxy groups -OCH3 is 1. The lowest BCUT2D eigenvalue weighted by Crippen LogP contribution is -2.33. The Morgan fingerprint density at radius 1 is 0.806 bits per heavy atom. The monoisotopic (exact) mass is 424 g/mol. The number of ether oxygens (including phenoxy) is 2. The quantitative estimate of drug-likeness (QED) is 0.408. The fourth-order valence-electron chi connectivity index (χ4n) is 3.00. The van der Waals surface area contributed by atoms with E-state index in [-0.39, 0.29) is 13.2 Å². The van der Waals surface area contributed by atoms with Gasteiger partial charge in [-0.2, -0.15) is 0 Å². The zero-order valence-corrected chi connectivity index (χ0v) is 17.6. The van der Waals surface area contributed by atoms with Crippen molar-refractivity contribution >= 4 is 11.6 Å². The van der Waals surface area contributed by atoms with Crippen LogP contribution in [0.25, 0.3) is 11.1 Å². The molecule has 0 saturated carbocycles. The lowest BCUT2D eigenvalue weighted by molar-refractivity contribution is 0.141. The normalized spacial score (nSPS) is 10.8. The molecule has 3 aromatic rings. The molecule has 0 bridgehead atoms. The minimum Gasteiger partial charge on any atom is -0.497 e. The molecule has 0 unspecified atom stereocenters. The molecule has 1 heterocycles. The van der Waals surface area contributed by atoms with Crippen molar-refractivity contribution in [3.63, 3.8) is 0 Å². The predicted octanol–water partition coefficient (Wildman–Crippen LogP) is 2.56. The van der Waals surface area contributed by atoms with Crippen molar-refractivity contribution in [2.75, 3.05) is 51.9 Å². The molecule has 0 saturated heterocycles. The van der Waals surface area contributed by atoms with Gasteiger partial charge in [0.25, 0.3) is 0 Å². The van der Waals surface area contributed by atoms with Crippen molar-refractivity contribution in [2.24, 2.45) is 0 Å². The first-order valence-electron chi connectivity index (χ1n) is 10.1. The molecule has 1 aromatic heterocycles. The van der Waals surface area contributed by atoms with Crippen molar-refractivity contribution in [2.45, 2.75) is 0 Å². The molecule has 3 N–H and O–H groups in total. The second-order valence-electron chi connectivity index (χ2n) is 6.81. The first-order chi connectivity index (χ1) is 15.2. The standard InChI is InChI=1S/C23H28N4O4/c1-30-21-6-2-18(3-7-21)19-16-24-23(25-17-19)26-20-4-8-22(9-5-20)31-15-12-27(10-13-28)11-14-29/h2-9,16-17,28-29H,10-15H2,1H3,(H,24,25,26). The lowest BCUT2D eigenvalue weighted by Gasteiger charge is -2.20. The van der Waals surface area contributed by atoms with E-state index in [1.807, 2.05) is 53.4 Å². The Hall–Kier alpha value is -3.20. The van der Waals surface area contributed by atoms with Gasteiger partial charge in [0.1, 0.15) is 18.1 Å². The van der Waals surface area contributed by atoms with E-state index in [9.17, 15) is 0 Å². The summed E-state index contributed by atoms with van der Waals surface area (Å²) in [5.41, 5.74) is 2.80. The highest BCUT2D eigenvalue weighted by molar-refractivity contribution is 5.63. The highest BCUT2D eigenvalue weighted by Crippen LogP contribution is 2.23. The van der Waals surface area contributed by atoms with Crippen LogP contribution in [0.3, 0.4) is 0 Å². The van der Waals surface area contributed by atoms with Crippen molar-refractivity contribution < 1.29 is 19.7 Å². The third kappa shape index (κ3) is 6.92. The molecule has 8 nitrogen and oxygen atoms in total. The van der Waals surface area contributed by atoms with Crippen molar-refractivity contribution in [1.82, 2.24) is 14.9 Å². The average Bonchev–Trinajstić information content (AvgIpc) is 2.81. The summed E-state index contributed by atoms with van der Waals surface area (Å²) in [7, 11) is 1.64. The number of benzene rings is 2. The van der Waals surface area contributed by atoms with E-state index in [0.29, 0.717) is 32.2 Å². The van der Waals surface area contributed by atoms with Gasteiger partial charge in [0.05, 0.1) is 20.3 Å². The van der Waals surface area contributed by atoms with E-state index in [1.54, 1.807) is 19.5 Å². The Morgan fingerprint density at radius 2 is 1.42 bits per heavy atom. The Morgan fingerprint density at radius 3 is 2.00 bits per heavy atom. The predicted molar refractivity (Wildman–Crippen MR) is 120 cm³/mol. The van der Waals surface area contributed by atoms with E-state index in [4.69, 9.17) is 19.7 Å². The van der Waals surface area contributed by atoms with Crippen LogP contribution in [0.5, 0.6) is 11.5 Å². The molecule has 0 aliphatic rings. The molecule has 3 rings (SSSR count). The van der Waals surface area contributed by atoms with Crippen LogP contribution in [-0.4, -0.2) is 71.6 Å². The van der Waals surface area contributed by atoms with E-state index in [1.165, 1.54) is 0 Å². The Balaban J connectivity index is 1.51. The summed E-state index contributed by atoms with van der Waals surface area (Å²) in [6.07, 6.45) is 3.55. The second-order valence-corrected chi connectivity index (χ2v) is 6.81. The molecule has 0 aliphatic carbocycles. The van der Waals surface area contributed by atoms with E-state index in [0.717, 1.165) is 28.3 Å². The van der Waals surface area contributed by atoms with Gasteiger partial charge in [0.2, 0.25) is 5.95 Å². The molecule has 164 valence electrons. The third-order valence-corrected chi connectivity index (χ3v) is 4.69. The summed E-state index contributed by atoms with van der Waals surface area (Å²) in [6.45, 7) is 2.26. The molecule has 8 heteroatoms. The van der Waals surface area contributed by atoms with Crippen LogP contribution in [0.4, 0.5) is 11.6 Å². The Labute approximate surface area is 182 Å². The molecular formula is C23H28N4O4. The van der Waals surface area contributed by atoms with Gasteiger partial charge in [0, 0.05) is 43.3 Å². The van der Waals surface area contributed by atoms with Crippen LogP contribution < -0.4 is 14.8 Å². The van der Waals surface area contributed by atoms with Crippen LogP contribution in [0.1, 0.15) is 0 Å². The SMILES string of the molecule is COc1ccc(-c2cnc(Nc3ccc(OCCN(CCO)CCO)cc3)nc2)cc1. The van der Waals surface area contributed by atoms with Crippen molar-refractivity contribution in [3.05, 3.63) is 60.9 Å². The van der Waals surface area contributed by atoms with Gasteiger partial charge in [0.15, 0.2) is 0 Å². The molecule has 0 atom stereocenters. The first-order valence-corrected chi connectivity index (χ1v) is 10.1. The van der Waals surface area contributed by atoms with Gasteiger partial charge in [-0.15, -0.1) is 0 Å². The fourth-order valence-corrected chi connectivity index (χ4v) is 3.00. The minimum atomic E-state index is 0.0590. The third-order valence-electron chi connectivity index (χ3n) is 4.69. The number of aromatic nitrogens is 2. The van der Waals surface area contributed by atoms with Gasteiger partial charge >= 0.3 is 0 Å². The summed E-state index contributed by atoms with van der Waals surface area (Å²) in [5, 5.41) is 21.3. The zero-order valence-electron chi connectivity index (χ0n) is 17.6. The second kappa shape index (κ2) is 11.8. The number of nitrogens with one attached hydrogen (secondary N) is 1. The summed E-state index contributed by atoms with van der Waals surface area (Å²) in [4.78, 5) is 10.7. The van der Waals surface area contributed by atoms with Gasteiger partial charge in [-0.25, -0.2) is 9.97 Å². The maximum Gasteiger partial charge on any atom is 0.227 e. The summed E-state index contributed by atoms with van der Waals surface area (Å²) >= 11 is 0. The number of hydrogen-bond acceptors (Lipinski definition) is 8. The van der Waals surface area contributed by atoms with E-state index < -0.39 is 0 Å². The number of aliphatic hydroxyl groups excluding tert-OH is 2. The number of aliphatic hydroxyl groups is 2. The van der Waals surface area contributed by atoms with Crippen LogP contribution in [0.2, 0.25) is 0 Å². The van der Waals surface area contributed by atoms with Gasteiger partial charge in [-0.1, -0.05) is 12.1 Å². The molecule has 0 spiro atoms. The maximum absolute atomic E-state index is 9.04.